The number of rotatable bonds is 3. The summed E-state index contributed by atoms with van der Waals surface area (Å²) in [5, 5.41) is 9.18. The van der Waals surface area contributed by atoms with E-state index >= 15 is 0 Å². The smallest absolute Gasteiger partial charge is 0.0690 e. The van der Waals surface area contributed by atoms with Crippen molar-refractivity contribution in [3.8, 4) is 6.07 Å². The van der Waals surface area contributed by atoms with Crippen molar-refractivity contribution in [3.05, 3.63) is 0 Å². The lowest BCUT2D eigenvalue weighted by molar-refractivity contribution is 0.190. The molecular weight excluding hydrogens is 182 g/mol. The Morgan fingerprint density at radius 1 is 1.62 bits per heavy atom. The molecule has 1 nitrogen and oxygen atoms in total. The van der Waals surface area contributed by atoms with Crippen molar-refractivity contribution < 1.29 is 0 Å². The Kier molecular flexibility index (Phi) is 4.06. The van der Waals surface area contributed by atoms with Crippen LogP contribution in [0.2, 0.25) is 0 Å². The van der Waals surface area contributed by atoms with Gasteiger partial charge in [0.1, 0.15) is 0 Å². The van der Waals surface area contributed by atoms with Crippen molar-refractivity contribution >= 4 is 11.6 Å². The Labute approximate surface area is 86.1 Å². The Morgan fingerprint density at radius 2 is 2.38 bits per heavy atom. The molecule has 0 amide bonds. The molecule has 0 bridgehead atoms. The van der Waals surface area contributed by atoms with Gasteiger partial charge in [0.15, 0.2) is 0 Å². The number of hydrogen-bond donors (Lipinski definition) is 0. The van der Waals surface area contributed by atoms with Gasteiger partial charge in [-0.3, -0.25) is 0 Å². The van der Waals surface area contributed by atoms with Crippen molar-refractivity contribution in [2.45, 2.75) is 45.4 Å². The zero-order chi connectivity index (χ0) is 9.73. The molecule has 0 radical (unpaired) electrons. The summed E-state index contributed by atoms with van der Waals surface area (Å²) in [4.78, 5) is 0. The van der Waals surface area contributed by atoms with Crippen LogP contribution in [-0.2, 0) is 0 Å². The maximum atomic E-state index is 9.18. The molecule has 0 heterocycles. The second-order valence-electron chi connectivity index (χ2n) is 4.20. The Morgan fingerprint density at radius 3 is 2.92 bits per heavy atom. The van der Waals surface area contributed by atoms with Crippen LogP contribution in [0.1, 0.15) is 45.4 Å². The van der Waals surface area contributed by atoms with E-state index < -0.39 is 0 Å². The number of hydrogen-bond acceptors (Lipinski definition) is 1. The molecule has 0 aliphatic heterocycles. The average molecular weight is 200 g/mol. The summed E-state index contributed by atoms with van der Waals surface area (Å²) in [6.45, 7) is 2.22. The summed E-state index contributed by atoms with van der Waals surface area (Å²) >= 11 is 5.74. The van der Waals surface area contributed by atoms with Crippen molar-refractivity contribution in [3.63, 3.8) is 0 Å². The number of nitriles is 1. The normalized spacial score (nSPS) is 34.1. The highest BCUT2D eigenvalue weighted by atomic mass is 35.5. The van der Waals surface area contributed by atoms with Gasteiger partial charge in [0.05, 0.1) is 11.5 Å². The van der Waals surface area contributed by atoms with Crippen LogP contribution in [0, 0.1) is 22.7 Å². The molecule has 1 saturated carbocycles. The molecule has 0 saturated heterocycles. The number of halogens is 1. The third kappa shape index (κ3) is 2.61. The van der Waals surface area contributed by atoms with Crippen molar-refractivity contribution in [2.24, 2.45) is 11.3 Å². The molecule has 74 valence electrons. The summed E-state index contributed by atoms with van der Waals surface area (Å²) in [5.41, 5.74) is -0.0827. The minimum Gasteiger partial charge on any atom is -0.198 e. The lowest BCUT2D eigenvalue weighted by Crippen LogP contribution is -2.27. The van der Waals surface area contributed by atoms with E-state index in [4.69, 9.17) is 11.6 Å². The van der Waals surface area contributed by atoms with Gasteiger partial charge < -0.3 is 0 Å². The third-order valence-electron chi connectivity index (χ3n) is 3.33. The predicted molar refractivity (Wildman–Crippen MR) is 55.6 cm³/mol. The van der Waals surface area contributed by atoms with E-state index in [1.54, 1.807) is 0 Å². The van der Waals surface area contributed by atoms with Crippen LogP contribution in [0.4, 0.5) is 0 Å². The molecule has 1 rings (SSSR count). The van der Waals surface area contributed by atoms with Crippen LogP contribution < -0.4 is 0 Å². The van der Waals surface area contributed by atoms with Crippen LogP contribution in [-0.4, -0.2) is 5.88 Å². The lowest BCUT2D eigenvalue weighted by atomic mass is 9.68. The highest BCUT2D eigenvalue weighted by molar-refractivity contribution is 6.17. The monoisotopic (exact) mass is 199 g/mol. The van der Waals surface area contributed by atoms with Crippen LogP contribution >= 0.6 is 11.6 Å². The minimum absolute atomic E-state index is 0.0827. The van der Waals surface area contributed by atoms with E-state index in [2.05, 4.69) is 13.0 Å². The van der Waals surface area contributed by atoms with Crippen molar-refractivity contribution in [1.29, 1.82) is 5.26 Å². The molecule has 0 N–H and O–H groups in total. The molecule has 0 spiro atoms. The topological polar surface area (TPSA) is 23.8 Å². The van der Waals surface area contributed by atoms with Gasteiger partial charge in [-0.25, -0.2) is 0 Å². The summed E-state index contributed by atoms with van der Waals surface area (Å²) in [7, 11) is 0. The zero-order valence-electron chi connectivity index (χ0n) is 8.35. The fourth-order valence-electron chi connectivity index (χ4n) is 2.40. The van der Waals surface area contributed by atoms with Gasteiger partial charge in [0, 0.05) is 5.88 Å². The second-order valence-corrected chi connectivity index (χ2v) is 4.58. The molecule has 2 unspecified atom stereocenters. The first-order valence-corrected chi connectivity index (χ1v) is 5.77. The standard InChI is InChI=1S/C11H18ClN/c1-2-10-4-3-5-11(8-10,9-13)6-7-12/h10H,2-8H2,1H3. The average Bonchev–Trinajstić information content (AvgIpc) is 2.19. The maximum Gasteiger partial charge on any atom is 0.0690 e. The van der Waals surface area contributed by atoms with Crippen LogP contribution in [0.25, 0.3) is 0 Å². The van der Waals surface area contributed by atoms with E-state index in [-0.39, 0.29) is 5.41 Å². The van der Waals surface area contributed by atoms with Gasteiger partial charge in [0.25, 0.3) is 0 Å². The fourth-order valence-corrected chi connectivity index (χ4v) is 2.76. The molecule has 1 fully saturated rings. The minimum atomic E-state index is -0.0827. The first-order valence-electron chi connectivity index (χ1n) is 5.23. The third-order valence-corrected chi connectivity index (χ3v) is 3.52. The van der Waals surface area contributed by atoms with E-state index in [1.807, 2.05) is 0 Å². The Hall–Kier alpha value is -0.220. The maximum absolute atomic E-state index is 9.18. The zero-order valence-corrected chi connectivity index (χ0v) is 9.11. The summed E-state index contributed by atoms with van der Waals surface area (Å²) in [6.07, 6.45) is 6.75. The van der Waals surface area contributed by atoms with Gasteiger partial charge in [0.2, 0.25) is 0 Å². The second kappa shape index (κ2) is 4.86. The van der Waals surface area contributed by atoms with Crippen molar-refractivity contribution in [2.75, 3.05) is 5.88 Å². The lowest BCUT2D eigenvalue weighted by Gasteiger charge is -2.35. The molecular formula is C11H18ClN. The molecule has 0 aromatic carbocycles. The van der Waals surface area contributed by atoms with Crippen LogP contribution in [0.15, 0.2) is 0 Å². The van der Waals surface area contributed by atoms with Gasteiger partial charge >= 0.3 is 0 Å². The van der Waals surface area contributed by atoms with E-state index in [0.717, 1.165) is 25.2 Å². The number of nitrogens with zero attached hydrogens (tertiary/aromatic N) is 1. The Balaban J connectivity index is 2.59. The predicted octanol–water partition coefficient (Wildman–Crippen LogP) is 3.73. The summed E-state index contributed by atoms with van der Waals surface area (Å²) in [5.74, 6) is 1.39. The van der Waals surface area contributed by atoms with E-state index in [0.29, 0.717) is 5.88 Å². The van der Waals surface area contributed by atoms with Gasteiger partial charge in [-0.2, -0.15) is 5.26 Å². The molecule has 13 heavy (non-hydrogen) atoms. The molecule has 1 aliphatic carbocycles. The number of alkyl halides is 1. The van der Waals surface area contributed by atoms with Gasteiger partial charge in [-0.05, 0) is 25.2 Å². The highest BCUT2D eigenvalue weighted by Gasteiger charge is 2.35. The van der Waals surface area contributed by atoms with Crippen LogP contribution in [0.3, 0.4) is 0 Å². The molecule has 1 aliphatic rings. The molecule has 0 aromatic heterocycles. The largest absolute Gasteiger partial charge is 0.198 e. The quantitative estimate of drug-likeness (QED) is 0.636. The first-order chi connectivity index (χ1) is 6.26. The van der Waals surface area contributed by atoms with E-state index in [9.17, 15) is 5.26 Å². The SMILES string of the molecule is CCC1CCCC(C#N)(CCCl)C1. The Bertz CT molecular complexity index is 193. The molecule has 2 atom stereocenters. The first kappa shape index (κ1) is 10.9. The molecule has 2 heteroatoms. The van der Waals surface area contributed by atoms with Gasteiger partial charge in [-0.15, -0.1) is 11.6 Å². The van der Waals surface area contributed by atoms with Gasteiger partial charge in [-0.1, -0.05) is 26.2 Å². The highest BCUT2D eigenvalue weighted by Crippen LogP contribution is 2.42. The van der Waals surface area contributed by atoms with E-state index in [1.165, 1.54) is 19.3 Å². The fraction of sp³-hybridized carbons (Fsp3) is 0.909. The summed E-state index contributed by atoms with van der Waals surface area (Å²) in [6, 6.07) is 2.50. The summed E-state index contributed by atoms with van der Waals surface area (Å²) < 4.78 is 0. The van der Waals surface area contributed by atoms with Crippen molar-refractivity contribution in [1.82, 2.24) is 0 Å². The molecule has 0 aromatic rings. The van der Waals surface area contributed by atoms with Crippen LogP contribution in [0.5, 0.6) is 0 Å².